The van der Waals surface area contributed by atoms with E-state index in [1.807, 2.05) is 25.1 Å². The van der Waals surface area contributed by atoms with Crippen molar-refractivity contribution in [2.45, 2.75) is 13.8 Å². The first-order valence-corrected chi connectivity index (χ1v) is 4.76. The Labute approximate surface area is 87.1 Å². The number of aryl methyl sites for hydroxylation is 1. The van der Waals surface area contributed by atoms with Crippen molar-refractivity contribution in [1.29, 1.82) is 0 Å². The van der Waals surface area contributed by atoms with Gasteiger partial charge in [-0.15, -0.1) is 0 Å². The normalized spacial score (nSPS) is 10.8. The summed E-state index contributed by atoms with van der Waals surface area (Å²) in [4.78, 5) is 11.2. The maximum Gasteiger partial charge on any atom is 0.227 e. The first-order valence-electron chi connectivity index (χ1n) is 4.38. The van der Waals surface area contributed by atoms with E-state index in [2.05, 4.69) is 0 Å². The second-order valence-corrected chi connectivity index (χ2v) is 3.71. The first kappa shape index (κ1) is 9.28. The fourth-order valence-electron chi connectivity index (χ4n) is 1.56. The molecule has 2 rings (SSSR count). The lowest BCUT2D eigenvalue weighted by molar-refractivity contribution is 0.0941. The van der Waals surface area contributed by atoms with E-state index in [1.165, 1.54) is 6.92 Å². The Morgan fingerprint density at radius 2 is 2.07 bits per heavy atom. The third-order valence-corrected chi connectivity index (χ3v) is 2.84. The minimum atomic E-state index is -0.0000743. The predicted molar refractivity (Wildman–Crippen MR) is 58.0 cm³/mol. The second kappa shape index (κ2) is 3.14. The molecule has 0 fully saturated rings. The van der Waals surface area contributed by atoms with E-state index in [0.29, 0.717) is 0 Å². The van der Waals surface area contributed by atoms with Crippen LogP contribution in [0.1, 0.15) is 17.3 Å². The van der Waals surface area contributed by atoms with Gasteiger partial charge in [-0.2, -0.15) is 0 Å². The zero-order chi connectivity index (χ0) is 10.3. The summed E-state index contributed by atoms with van der Waals surface area (Å²) in [6, 6.07) is 5.70. The quantitative estimate of drug-likeness (QED) is 0.650. The van der Waals surface area contributed by atoms with Crippen LogP contribution in [0.3, 0.4) is 0 Å². The molecule has 0 aliphatic heterocycles. The molecule has 0 bridgehead atoms. The molecule has 0 aliphatic carbocycles. The Kier molecular flexibility index (Phi) is 2.08. The minimum Gasteiger partial charge on any atom is -0.287 e. The summed E-state index contributed by atoms with van der Waals surface area (Å²) in [6.07, 6.45) is 1.75. The van der Waals surface area contributed by atoms with Crippen molar-refractivity contribution in [2.75, 3.05) is 0 Å². The first-order chi connectivity index (χ1) is 6.61. The maximum absolute atomic E-state index is 11.2. The fourth-order valence-corrected chi connectivity index (χ4v) is 1.79. The molecule has 2 aromatic rings. The lowest BCUT2D eigenvalue weighted by atomic mass is 10.2. The molecule has 1 heterocycles. The van der Waals surface area contributed by atoms with E-state index >= 15 is 0 Å². The molecular weight excluding hydrogens is 198 g/mol. The molecule has 0 atom stereocenters. The zero-order valence-electron chi connectivity index (χ0n) is 8.04. The Bertz CT molecular complexity index is 513. The van der Waals surface area contributed by atoms with Gasteiger partial charge in [0, 0.05) is 18.5 Å². The Balaban J connectivity index is 2.83. The Hall–Kier alpha value is -1.28. The topological polar surface area (TPSA) is 22.0 Å². The molecule has 0 saturated heterocycles. The lowest BCUT2D eigenvalue weighted by Gasteiger charge is -2.02. The van der Waals surface area contributed by atoms with Crippen molar-refractivity contribution >= 4 is 28.4 Å². The summed E-state index contributed by atoms with van der Waals surface area (Å²) in [6.45, 7) is 3.49. The van der Waals surface area contributed by atoms with Crippen molar-refractivity contribution in [3.8, 4) is 0 Å². The largest absolute Gasteiger partial charge is 0.287 e. The van der Waals surface area contributed by atoms with Crippen LogP contribution in [-0.4, -0.2) is 10.5 Å². The number of nitrogens with zero attached hydrogens (tertiary/aromatic N) is 1. The van der Waals surface area contributed by atoms with Gasteiger partial charge in [-0.25, -0.2) is 0 Å². The molecule has 72 valence electrons. The van der Waals surface area contributed by atoms with Gasteiger partial charge in [0.05, 0.1) is 10.5 Å². The van der Waals surface area contributed by atoms with Gasteiger partial charge in [0.25, 0.3) is 0 Å². The molecule has 0 saturated carbocycles. The van der Waals surface area contributed by atoms with Crippen LogP contribution in [-0.2, 0) is 0 Å². The summed E-state index contributed by atoms with van der Waals surface area (Å²) in [5.41, 5.74) is 1.90. The molecular formula is C11H10ClNO. The van der Waals surface area contributed by atoms with Crippen molar-refractivity contribution in [2.24, 2.45) is 0 Å². The average molecular weight is 208 g/mol. The lowest BCUT2D eigenvalue weighted by Crippen LogP contribution is -2.02. The summed E-state index contributed by atoms with van der Waals surface area (Å²) >= 11 is 6.12. The van der Waals surface area contributed by atoms with E-state index < -0.39 is 0 Å². The second-order valence-electron chi connectivity index (χ2n) is 3.33. The highest BCUT2D eigenvalue weighted by atomic mass is 35.5. The number of hydrogen-bond donors (Lipinski definition) is 0. The smallest absolute Gasteiger partial charge is 0.227 e. The molecule has 0 radical (unpaired) electrons. The highest BCUT2D eigenvalue weighted by Gasteiger charge is 2.08. The molecule has 2 nitrogen and oxygen atoms in total. The number of halogens is 1. The maximum atomic E-state index is 11.2. The number of aromatic nitrogens is 1. The standard InChI is InChI=1S/C11H10ClNO/c1-7-3-4-10-9(11(7)12)5-6-13(10)8(2)14/h3-6H,1-2H3. The van der Waals surface area contributed by atoms with Crippen molar-refractivity contribution in [3.63, 3.8) is 0 Å². The number of rotatable bonds is 0. The van der Waals surface area contributed by atoms with Crippen LogP contribution in [0.5, 0.6) is 0 Å². The molecule has 0 amide bonds. The van der Waals surface area contributed by atoms with Gasteiger partial charge in [-0.3, -0.25) is 9.36 Å². The van der Waals surface area contributed by atoms with Crippen molar-refractivity contribution < 1.29 is 4.79 Å². The summed E-state index contributed by atoms with van der Waals surface area (Å²) < 4.78 is 1.60. The molecule has 1 aromatic carbocycles. The van der Waals surface area contributed by atoms with E-state index in [-0.39, 0.29) is 5.91 Å². The molecule has 0 aliphatic rings. The van der Waals surface area contributed by atoms with Crippen molar-refractivity contribution in [3.05, 3.63) is 35.0 Å². The van der Waals surface area contributed by atoms with Crippen molar-refractivity contribution in [1.82, 2.24) is 4.57 Å². The fraction of sp³-hybridized carbons (Fsp3) is 0.182. The van der Waals surface area contributed by atoms with E-state index in [9.17, 15) is 4.79 Å². The summed E-state index contributed by atoms with van der Waals surface area (Å²) in [5.74, 6) is -0.0000743. The minimum absolute atomic E-state index is 0.0000743. The molecule has 0 spiro atoms. The third kappa shape index (κ3) is 1.23. The number of carbonyl (C=O) groups is 1. The van der Waals surface area contributed by atoms with E-state index in [1.54, 1.807) is 10.8 Å². The van der Waals surface area contributed by atoms with Gasteiger partial charge in [0.2, 0.25) is 5.91 Å². The molecule has 1 aromatic heterocycles. The Morgan fingerprint density at radius 3 is 2.71 bits per heavy atom. The van der Waals surface area contributed by atoms with Gasteiger partial charge >= 0.3 is 0 Å². The van der Waals surface area contributed by atoms with Crippen LogP contribution in [0.15, 0.2) is 24.4 Å². The summed E-state index contributed by atoms with van der Waals surface area (Å²) in [5, 5.41) is 1.66. The highest BCUT2D eigenvalue weighted by Crippen LogP contribution is 2.27. The van der Waals surface area contributed by atoms with Crippen LogP contribution >= 0.6 is 11.6 Å². The van der Waals surface area contributed by atoms with Gasteiger partial charge in [-0.1, -0.05) is 17.7 Å². The van der Waals surface area contributed by atoms with Gasteiger partial charge < -0.3 is 0 Å². The number of hydrogen-bond acceptors (Lipinski definition) is 1. The van der Waals surface area contributed by atoms with Gasteiger partial charge in [0.1, 0.15) is 0 Å². The Morgan fingerprint density at radius 1 is 1.36 bits per heavy atom. The molecule has 0 N–H and O–H groups in total. The number of carbonyl (C=O) groups excluding carboxylic acids is 1. The van der Waals surface area contributed by atoms with Crippen LogP contribution in [0.2, 0.25) is 5.02 Å². The van der Waals surface area contributed by atoms with E-state index in [4.69, 9.17) is 11.6 Å². The van der Waals surface area contributed by atoms with Gasteiger partial charge in [0.15, 0.2) is 0 Å². The SMILES string of the molecule is CC(=O)n1ccc2c(Cl)c(C)ccc21. The zero-order valence-corrected chi connectivity index (χ0v) is 8.80. The van der Waals surface area contributed by atoms with Crippen LogP contribution < -0.4 is 0 Å². The molecule has 3 heteroatoms. The third-order valence-electron chi connectivity index (χ3n) is 2.34. The number of fused-ring (bicyclic) bond motifs is 1. The molecule has 14 heavy (non-hydrogen) atoms. The highest BCUT2D eigenvalue weighted by molar-refractivity contribution is 6.36. The molecule has 0 unspecified atom stereocenters. The van der Waals surface area contributed by atoms with E-state index in [0.717, 1.165) is 21.5 Å². The monoisotopic (exact) mass is 207 g/mol. The average Bonchev–Trinajstić information content (AvgIpc) is 2.55. The predicted octanol–water partition coefficient (Wildman–Crippen LogP) is 3.26. The summed E-state index contributed by atoms with van der Waals surface area (Å²) in [7, 11) is 0. The van der Waals surface area contributed by atoms with Crippen LogP contribution in [0.25, 0.3) is 10.9 Å². The van der Waals surface area contributed by atoms with Gasteiger partial charge in [-0.05, 0) is 24.6 Å². The van der Waals surface area contributed by atoms with Crippen LogP contribution in [0.4, 0.5) is 0 Å². The number of benzene rings is 1. The van der Waals surface area contributed by atoms with Crippen LogP contribution in [0, 0.1) is 6.92 Å².